The van der Waals surface area contributed by atoms with E-state index in [1.54, 1.807) is 6.20 Å². The Labute approximate surface area is 182 Å². The molecule has 31 heavy (non-hydrogen) atoms. The fourth-order valence-corrected chi connectivity index (χ4v) is 3.89. The Morgan fingerprint density at radius 2 is 1.87 bits per heavy atom. The van der Waals surface area contributed by atoms with Crippen LogP contribution < -0.4 is 10.9 Å². The van der Waals surface area contributed by atoms with Gasteiger partial charge in [0.1, 0.15) is 12.4 Å². The molecule has 1 amide bonds. The van der Waals surface area contributed by atoms with E-state index in [0.717, 1.165) is 27.0 Å². The molecule has 1 N–H and O–H groups in total. The second-order valence-electron chi connectivity index (χ2n) is 7.34. The first-order chi connectivity index (χ1) is 14.8. The van der Waals surface area contributed by atoms with Crippen LogP contribution in [-0.2, 0) is 17.9 Å². The third kappa shape index (κ3) is 4.22. The van der Waals surface area contributed by atoms with Gasteiger partial charge in [-0.25, -0.2) is 9.07 Å². The molecule has 2 heterocycles. The zero-order chi connectivity index (χ0) is 22.1. The van der Waals surface area contributed by atoms with Crippen molar-refractivity contribution in [2.75, 3.05) is 5.32 Å². The van der Waals surface area contributed by atoms with Gasteiger partial charge >= 0.3 is 0 Å². The highest BCUT2D eigenvalue weighted by molar-refractivity contribution is 6.30. The first kappa shape index (κ1) is 20.8. The molecule has 2 aromatic carbocycles. The Balaban J connectivity index is 1.64. The lowest BCUT2D eigenvalue weighted by Gasteiger charge is -2.09. The van der Waals surface area contributed by atoms with E-state index in [-0.39, 0.29) is 12.1 Å². The number of carbonyl (C=O) groups is 1. The van der Waals surface area contributed by atoms with Crippen molar-refractivity contribution in [3.8, 4) is 0 Å². The van der Waals surface area contributed by atoms with Crippen molar-refractivity contribution < 1.29 is 9.18 Å². The first-order valence-electron chi connectivity index (χ1n) is 9.69. The van der Waals surface area contributed by atoms with Gasteiger partial charge in [-0.2, -0.15) is 5.10 Å². The molecule has 0 aliphatic rings. The minimum Gasteiger partial charge on any atom is -0.343 e. The average molecular weight is 439 g/mol. The molecule has 0 saturated carbocycles. The fourth-order valence-electron chi connectivity index (χ4n) is 3.68. The largest absolute Gasteiger partial charge is 0.343 e. The Bertz CT molecular complexity index is 1340. The molecular weight excluding hydrogens is 419 g/mol. The minimum absolute atomic E-state index is 0.246. The maximum Gasteiger partial charge on any atom is 0.276 e. The predicted octanol–water partition coefficient (Wildman–Crippen LogP) is 4.29. The number of fused-ring (bicyclic) bond motifs is 1. The van der Waals surface area contributed by atoms with E-state index in [0.29, 0.717) is 22.6 Å². The summed E-state index contributed by atoms with van der Waals surface area (Å²) in [5, 5.41) is 8.76. The van der Waals surface area contributed by atoms with Gasteiger partial charge in [0, 0.05) is 34.0 Å². The lowest BCUT2D eigenvalue weighted by atomic mass is 10.2. The van der Waals surface area contributed by atoms with E-state index in [1.807, 2.05) is 42.7 Å². The van der Waals surface area contributed by atoms with E-state index < -0.39 is 11.7 Å². The Morgan fingerprint density at radius 1 is 1.13 bits per heavy atom. The molecule has 6 nitrogen and oxygen atoms in total. The quantitative estimate of drug-likeness (QED) is 0.505. The Hall–Kier alpha value is -3.45. The summed E-state index contributed by atoms with van der Waals surface area (Å²) < 4.78 is 16.2. The summed E-state index contributed by atoms with van der Waals surface area (Å²) in [7, 11) is 0. The monoisotopic (exact) mass is 438 g/mol. The van der Waals surface area contributed by atoms with Crippen molar-refractivity contribution in [3.63, 3.8) is 0 Å². The SMILES string of the molecule is Cc1c2cnn(CC(=O)Nc3ccc(F)cc3)c(=O)c2c(C)n1Cc1cccc(Cl)c1. The van der Waals surface area contributed by atoms with Gasteiger partial charge in [-0.15, -0.1) is 0 Å². The third-order valence-electron chi connectivity index (χ3n) is 5.26. The van der Waals surface area contributed by atoms with E-state index in [2.05, 4.69) is 10.4 Å². The Morgan fingerprint density at radius 3 is 2.58 bits per heavy atom. The predicted molar refractivity (Wildman–Crippen MR) is 119 cm³/mol. The number of carbonyl (C=O) groups excluding carboxylic acids is 1. The molecule has 0 unspecified atom stereocenters. The molecule has 0 radical (unpaired) electrons. The molecule has 4 rings (SSSR count). The molecule has 0 aliphatic carbocycles. The van der Waals surface area contributed by atoms with Crippen LogP contribution in [0, 0.1) is 19.7 Å². The molecule has 4 aromatic rings. The highest BCUT2D eigenvalue weighted by atomic mass is 35.5. The van der Waals surface area contributed by atoms with E-state index >= 15 is 0 Å². The summed E-state index contributed by atoms with van der Waals surface area (Å²) in [5.74, 6) is -0.817. The van der Waals surface area contributed by atoms with Crippen molar-refractivity contribution in [3.05, 3.63) is 92.9 Å². The van der Waals surface area contributed by atoms with Gasteiger partial charge in [0.25, 0.3) is 5.56 Å². The van der Waals surface area contributed by atoms with Gasteiger partial charge in [-0.05, 0) is 55.8 Å². The van der Waals surface area contributed by atoms with Crippen LogP contribution in [0.4, 0.5) is 10.1 Å². The Kier molecular flexibility index (Phi) is 5.61. The first-order valence-corrected chi connectivity index (χ1v) is 10.1. The van der Waals surface area contributed by atoms with Crippen LogP contribution in [0.3, 0.4) is 0 Å². The number of amides is 1. The normalized spacial score (nSPS) is 11.1. The van der Waals surface area contributed by atoms with Crippen LogP contribution in [0.1, 0.15) is 17.0 Å². The van der Waals surface area contributed by atoms with Crippen LogP contribution in [-0.4, -0.2) is 20.3 Å². The smallest absolute Gasteiger partial charge is 0.276 e. The standard InChI is InChI=1S/C23H20ClFN4O2/c1-14-20-11-26-29(13-21(30)27-19-8-6-18(25)7-9-19)23(31)22(20)15(2)28(14)12-16-4-3-5-17(24)10-16/h3-11H,12-13H2,1-2H3,(H,27,30). The average Bonchev–Trinajstić information content (AvgIpc) is 2.97. The van der Waals surface area contributed by atoms with Crippen molar-refractivity contribution in [2.24, 2.45) is 0 Å². The van der Waals surface area contributed by atoms with Crippen LogP contribution in [0.5, 0.6) is 0 Å². The summed E-state index contributed by atoms with van der Waals surface area (Å²) in [4.78, 5) is 25.5. The molecular formula is C23H20ClFN4O2. The van der Waals surface area contributed by atoms with Gasteiger partial charge in [0.2, 0.25) is 5.91 Å². The topological polar surface area (TPSA) is 68.9 Å². The number of benzene rings is 2. The second kappa shape index (κ2) is 8.35. The molecule has 2 aromatic heterocycles. The van der Waals surface area contributed by atoms with Gasteiger partial charge in [-0.3, -0.25) is 9.59 Å². The molecule has 158 valence electrons. The number of nitrogens with zero attached hydrogens (tertiary/aromatic N) is 3. The van der Waals surface area contributed by atoms with E-state index in [4.69, 9.17) is 11.6 Å². The summed E-state index contributed by atoms with van der Waals surface area (Å²) in [6.07, 6.45) is 1.61. The van der Waals surface area contributed by atoms with Gasteiger partial charge in [0.05, 0.1) is 11.6 Å². The number of halogens is 2. The summed E-state index contributed by atoms with van der Waals surface area (Å²) in [6.45, 7) is 4.14. The number of anilines is 1. The van der Waals surface area contributed by atoms with Crippen molar-refractivity contribution in [2.45, 2.75) is 26.9 Å². The second-order valence-corrected chi connectivity index (χ2v) is 7.77. The minimum atomic E-state index is -0.423. The zero-order valence-corrected chi connectivity index (χ0v) is 17.8. The molecule has 0 saturated heterocycles. The number of aromatic nitrogens is 3. The highest BCUT2D eigenvalue weighted by Crippen LogP contribution is 2.23. The van der Waals surface area contributed by atoms with Gasteiger partial charge in [0.15, 0.2) is 0 Å². The fraction of sp³-hybridized carbons (Fsp3) is 0.174. The van der Waals surface area contributed by atoms with Crippen LogP contribution in [0.25, 0.3) is 10.8 Å². The number of rotatable bonds is 5. The maximum absolute atomic E-state index is 13.1. The van der Waals surface area contributed by atoms with Crippen molar-refractivity contribution in [1.82, 2.24) is 14.3 Å². The van der Waals surface area contributed by atoms with Gasteiger partial charge < -0.3 is 9.88 Å². The van der Waals surface area contributed by atoms with Crippen LogP contribution in [0.2, 0.25) is 5.02 Å². The number of hydrogen-bond acceptors (Lipinski definition) is 3. The number of hydrogen-bond donors (Lipinski definition) is 1. The van der Waals surface area contributed by atoms with E-state index in [1.165, 1.54) is 24.3 Å². The third-order valence-corrected chi connectivity index (χ3v) is 5.49. The zero-order valence-electron chi connectivity index (χ0n) is 17.0. The number of aryl methyl sites for hydroxylation is 2. The number of nitrogens with one attached hydrogen (secondary N) is 1. The van der Waals surface area contributed by atoms with Gasteiger partial charge in [-0.1, -0.05) is 23.7 Å². The molecule has 0 bridgehead atoms. The molecule has 0 spiro atoms. The van der Waals surface area contributed by atoms with Crippen LogP contribution >= 0.6 is 11.6 Å². The molecule has 0 fully saturated rings. The van der Waals surface area contributed by atoms with E-state index in [9.17, 15) is 14.0 Å². The molecule has 8 heteroatoms. The lowest BCUT2D eigenvalue weighted by molar-refractivity contribution is -0.117. The molecule has 0 atom stereocenters. The summed E-state index contributed by atoms with van der Waals surface area (Å²) >= 11 is 6.10. The lowest BCUT2D eigenvalue weighted by Crippen LogP contribution is -2.29. The highest BCUT2D eigenvalue weighted by Gasteiger charge is 2.17. The van der Waals surface area contributed by atoms with Crippen LogP contribution in [0.15, 0.2) is 59.5 Å². The summed E-state index contributed by atoms with van der Waals surface area (Å²) in [5.41, 5.74) is 2.84. The summed E-state index contributed by atoms with van der Waals surface area (Å²) in [6, 6.07) is 13.0. The molecule has 0 aliphatic heterocycles. The van der Waals surface area contributed by atoms with Crippen molar-refractivity contribution in [1.29, 1.82) is 0 Å². The van der Waals surface area contributed by atoms with Crippen molar-refractivity contribution >= 4 is 34.0 Å². The maximum atomic E-state index is 13.1.